The molecule has 0 aliphatic heterocycles. The molecule has 0 saturated carbocycles. The number of benzene rings is 1. The highest BCUT2D eigenvalue weighted by Gasteiger charge is 2.23. The van der Waals surface area contributed by atoms with Crippen molar-refractivity contribution in [3.05, 3.63) is 47.4 Å². The minimum absolute atomic E-state index is 0. The molecule has 0 fully saturated rings. The van der Waals surface area contributed by atoms with Crippen LogP contribution in [0.3, 0.4) is 0 Å². The fraction of sp³-hybridized carbons (Fsp3) is 0.250. The van der Waals surface area contributed by atoms with E-state index in [0.717, 1.165) is 16.8 Å². The Morgan fingerprint density at radius 3 is 2.75 bits per heavy atom. The van der Waals surface area contributed by atoms with E-state index >= 15 is 0 Å². The van der Waals surface area contributed by atoms with E-state index in [1.54, 1.807) is 23.1 Å². The molecule has 2 aromatic heterocycles. The predicted octanol–water partition coefficient (Wildman–Crippen LogP) is 4.17. The van der Waals surface area contributed by atoms with Gasteiger partial charge in [0, 0.05) is 18.1 Å². The highest BCUT2D eigenvalue weighted by Crippen LogP contribution is 2.31. The van der Waals surface area contributed by atoms with Gasteiger partial charge in [0.25, 0.3) is 5.91 Å². The Morgan fingerprint density at radius 1 is 1.29 bits per heavy atom. The second kappa shape index (κ2) is 7.98. The van der Waals surface area contributed by atoms with Gasteiger partial charge in [-0.3, -0.25) is 9.69 Å². The van der Waals surface area contributed by atoms with Crippen molar-refractivity contribution in [3.63, 3.8) is 0 Å². The molecule has 0 spiro atoms. The number of likely N-dealkylation sites (N-methyl/N-ethyl adjacent to an activating group) is 1. The van der Waals surface area contributed by atoms with Crippen molar-refractivity contribution in [3.8, 4) is 0 Å². The minimum Gasteiger partial charge on any atom is -0.459 e. The number of carbonyl (C=O) groups excluding carboxylic acids is 1. The summed E-state index contributed by atoms with van der Waals surface area (Å²) in [6.07, 6.45) is 1.50. The number of rotatable bonds is 5. The first kappa shape index (κ1) is 18.7. The lowest BCUT2D eigenvalue weighted by Crippen LogP contribution is -2.36. The maximum atomic E-state index is 12.7. The van der Waals surface area contributed by atoms with Gasteiger partial charge >= 0.3 is 0 Å². The van der Waals surface area contributed by atoms with Crippen LogP contribution < -0.4 is 4.90 Å². The van der Waals surface area contributed by atoms with Crippen LogP contribution in [0, 0.1) is 0 Å². The lowest BCUT2D eigenvalue weighted by atomic mass is 10.3. The van der Waals surface area contributed by atoms with Crippen molar-refractivity contribution >= 4 is 56.6 Å². The number of halogens is 2. The zero-order valence-corrected chi connectivity index (χ0v) is 15.6. The lowest BCUT2D eigenvalue weighted by Gasteiger charge is -2.20. The van der Waals surface area contributed by atoms with Crippen molar-refractivity contribution < 1.29 is 9.21 Å². The van der Waals surface area contributed by atoms with E-state index in [1.807, 2.05) is 31.1 Å². The highest BCUT2D eigenvalue weighted by atomic mass is 35.5. The van der Waals surface area contributed by atoms with Crippen LogP contribution in [-0.2, 0) is 0 Å². The summed E-state index contributed by atoms with van der Waals surface area (Å²) < 4.78 is 6.20. The summed E-state index contributed by atoms with van der Waals surface area (Å²) in [5.74, 6) is 0.114. The van der Waals surface area contributed by atoms with Crippen LogP contribution in [0.4, 0.5) is 5.13 Å². The normalized spacial score (nSPS) is 10.8. The fourth-order valence-electron chi connectivity index (χ4n) is 2.12. The van der Waals surface area contributed by atoms with E-state index in [9.17, 15) is 4.79 Å². The van der Waals surface area contributed by atoms with E-state index in [1.165, 1.54) is 17.6 Å². The molecule has 0 atom stereocenters. The van der Waals surface area contributed by atoms with Crippen molar-refractivity contribution in [1.29, 1.82) is 0 Å². The first-order valence-electron chi connectivity index (χ1n) is 7.11. The monoisotopic (exact) mass is 385 g/mol. The van der Waals surface area contributed by atoms with Gasteiger partial charge in [-0.25, -0.2) is 4.98 Å². The number of hydrogen-bond donors (Lipinski definition) is 0. The number of anilines is 1. The molecule has 8 heteroatoms. The van der Waals surface area contributed by atoms with Crippen LogP contribution in [0.2, 0.25) is 5.02 Å². The Labute approximate surface area is 155 Å². The summed E-state index contributed by atoms with van der Waals surface area (Å²) in [6, 6.07) is 8.88. The van der Waals surface area contributed by atoms with Gasteiger partial charge in [-0.15, -0.1) is 12.4 Å². The molecule has 2 heterocycles. The molecule has 0 radical (unpaired) electrons. The molecule has 128 valence electrons. The first-order valence-corrected chi connectivity index (χ1v) is 8.30. The zero-order chi connectivity index (χ0) is 16.4. The topological polar surface area (TPSA) is 49.6 Å². The standard InChI is InChI=1S/C16H16ClN3O2S.ClH/c1-19(2)7-8-20(15(21)13-4-3-9-22-13)16-18-12-6-5-11(17)10-14(12)23-16;/h3-6,9-10H,7-8H2,1-2H3;1H. The molecule has 0 bridgehead atoms. The molecular weight excluding hydrogens is 369 g/mol. The molecule has 0 saturated heterocycles. The summed E-state index contributed by atoms with van der Waals surface area (Å²) in [5, 5.41) is 1.30. The van der Waals surface area contributed by atoms with Gasteiger partial charge in [-0.05, 0) is 44.4 Å². The number of thiazole rings is 1. The summed E-state index contributed by atoms with van der Waals surface area (Å²) in [5.41, 5.74) is 0.830. The number of fused-ring (bicyclic) bond motifs is 1. The largest absolute Gasteiger partial charge is 0.459 e. The molecule has 0 unspecified atom stereocenters. The average Bonchev–Trinajstić information content (AvgIpc) is 3.15. The number of carbonyl (C=O) groups is 1. The Kier molecular flexibility index (Phi) is 6.23. The van der Waals surface area contributed by atoms with E-state index < -0.39 is 0 Å². The highest BCUT2D eigenvalue weighted by molar-refractivity contribution is 7.22. The molecule has 1 amide bonds. The van der Waals surface area contributed by atoms with Gasteiger partial charge in [0.2, 0.25) is 0 Å². The Hall–Kier alpha value is -1.60. The van der Waals surface area contributed by atoms with E-state index in [0.29, 0.717) is 22.5 Å². The van der Waals surface area contributed by atoms with Crippen LogP contribution in [0.5, 0.6) is 0 Å². The van der Waals surface area contributed by atoms with Crippen LogP contribution in [0.15, 0.2) is 41.0 Å². The Morgan fingerprint density at radius 2 is 2.08 bits per heavy atom. The molecule has 3 aromatic rings. The summed E-state index contributed by atoms with van der Waals surface area (Å²) in [7, 11) is 3.93. The SMILES string of the molecule is CN(C)CCN(C(=O)c1ccco1)c1nc2ccc(Cl)cc2s1.Cl. The molecule has 24 heavy (non-hydrogen) atoms. The number of amides is 1. The third kappa shape index (κ3) is 4.08. The fourth-order valence-corrected chi connectivity index (χ4v) is 3.39. The molecule has 1 aromatic carbocycles. The number of hydrogen-bond acceptors (Lipinski definition) is 5. The van der Waals surface area contributed by atoms with Crippen molar-refractivity contribution in [2.24, 2.45) is 0 Å². The third-order valence-electron chi connectivity index (χ3n) is 3.32. The molecule has 3 rings (SSSR count). The predicted molar refractivity (Wildman–Crippen MR) is 101 cm³/mol. The van der Waals surface area contributed by atoms with Gasteiger partial charge in [0.05, 0.1) is 16.5 Å². The Balaban J connectivity index is 0.00000208. The second-order valence-corrected chi connectivity index (χ2v) is 6.79. The third-order valence-corrected chi connectivity index (χ3v) is 4.59. The summed E-state index contributed by atoms with van der Waals surface area (Å²) >= 11 is 7.48. The Bertz CT molecular complexity index is 818. The van der Waals surface area contributed by atoms with Crippen molar-refractivity contribution in [1.82, 2.24) is 9.88 Å². The number of furan rings is 1. The maximum Gasteiger partial charge on any atom is 0.295 e. The average molecular weight is 386 g/mol. The van der Waals surface area contributed by atoms with Crippen LogP contribution in [0.25, 0.3) is 10.2 Å². The van der Waals surface area contributed by atoms with E-state index in [4.69, 9.17) is 16.0 Å². The maximum absolute atomic E-state index is 12.7. The molecule has 0 aliphatic carbocycles. The van der Waals surface area contributed by atoms with Crippen LogP contribution in [0.1, 0.15) is 10.6 Å². The summed E-state index contributed by atoms with van der Waals surface area (Å²) in [4.78, 5) is 21.0. The molecule has 0 aliphatic rings. The molecular formula is C16H17Cl2N3O2S. The van der Waals surface area contributed by atoms with Crippen molar-refractivity contribution in [2.75, 3.05) is 32.1 Å². The lowest BCUT2D eigenvalue weighted by molar-refractivity contribution is 0.0958. The van der Waals surface area contributed by atoms with Crippen molar-refractivity contribution in [2.45, 2.75) is 0 Å². The number of nitrogens with zero attached hydrogens (tertiary/aromatic N) is 3. The molecule has 0 N–H and O–H groups in total. The van der Waals surface area contributed by atoms with Gasteiger partial charge in [0.1, 0.15) is 0 Å². The smallest absolute Gasteiger partial charge is 0.295 e. The van der Waals surface area contributed by atoms with E-state index in [-0.39, 0.29) is 18.3 Å². The van der Waals surface area contributed by atoms with Gasteiger partial charge < -0.3 is 9.32 Å². The molecule has 5 nitrogen and oxygen atoms in total. The zero-order valence-electron chi connectivity index (χ0n) is 13.2. The van der Waals surface area contributed by atoms with Crippen LogP contribution >= 0.6 is 35.3 Å². The number of aromatic nitrogens is 1. The van der Waals surface area contributed by atoms with Gasteiger partial charge in [-0.1, -0.05) is 22.9 Å². The minimum atomic E-state index is -0.193. The van der Waals surface area contributed by atoms with Gasteiger partial charge in [0.15, 0.2) is 10.9 Å². The van der Waals surface area contributed by atoms with E-state index in [2.05, 4.69) is 4.98 Å². The quantitative estimate of drug-likeness (QED) is 0.660. The van der Waals surface area contributed by atoms with Gasteiger partial charge in [-0.2, -0.15) is 0 Å². The second-order valence-electron chi connectivity index (χ2n) is 5.35. The first-order chi connectivity index (χ1) is 11.0. The van der Waals surface area contributed by atoms with Crippen LogP contribution in [-0.4, -0.2) is 43.0 Å². The summed E-state index contributed by atoms with van der Waals surface area (Å²) in [6.45, 7) is 1.25.